The van der Waals surface area contributed by atoms with E-state index in [1.165, 1.54) is 0 Å². The Morgan fingerprint density at radius 1 is 0.757 bits per heavy atom. The summed E-state index contributed by atoms with van der Waals surface area (Å²) in [6.07, 6.45) is 0. The second-order valence-electron chi connectivity index (χ2n) is 8.15. The molecule has 0 saturated heterocycles. The Bertz CT molecular complexity index is 1320. The zero-order valence-electron chi connectivity index (χ0n) is 20.3. The fourth-order valence-electron chi connectivity index (χ4n) is 3.91. The van der Waals surface area contributed by atoms with Gasteiger partial charge in [0.2, 0.25) is 5.91 Å². The Morgan fingerprint density at radius 2 is 1.32 bits per heavy atom. The van der Waals surface area contributed by atoms with Gasteiger partial charge in [0.1, 0.15) is 5.75 Å². The van der Waals surface area contributed by atoms with Crippen molar-refractivity contribution >= 4 is 40.5 Å². The standard InChI is InChI=1S/C30H27N3O3S/c1-2-36-24-19-17-23(18-20-24)31-28(34)25-15-9-10-16-26(25)32-30(37)33-29(35)27(21-11-5-3-6-12-21)22-13-7-4-8-14-22/h3-20,27H,2H2,1H3,(H,31,34)(H2,32,33,35,37). The van der Waals surface area contributed by atoms with E-state index in [0.717, 1.165) is 16.9 Å². The Morgan fingerprint density at radius 3 is 1.92 bits per heavy atom. The van der Waals surface area contributed by atoms with Crippen molar-refractivity contribution in [1.82, 2.24) is 5.32 Å². The van der Waals surface area contributed by atoms with Crippen LogP contribution < -0.4 is 20.7 Å². The lowest BCUT2D eigenvalue weighted by Crippen LogP contribution is -2.38. The smallest absolute Gasteiger partial charge is 0.257 e. The van der Waals surface area contributed by atoms with Crippen LogP contribution in [-0.4, -0.2) is 23.5 Å². The molecule has 0 aromatic heterocycles. The van der Waals surface area contributed by atoms with Gasteiger partial charge in [-0.3, -0.25) is 9.59 Å². The van der Waals surface area contributed by atoms with Gasteiger partial charge in [-0.15, -0.1) is 0 Å². The lowest BCUT2D eigenvalue weighted by atomic mass is 9.90. The molecule has 0 spiro atoms. The molecule has 3 N–H and O–H groups in total. The summed E-state index contributed by atoms with van der Waals surface area (Å²) in [5.41, 5.74) is 3.20. The van der Waals surface area contributed by atoms with Gasteiger partial charge in [-0.25, -0.2) is 0 Å². The van der Waals surface area contributed by atoms with Gasteiger partial charge in [0.25, 0.3) is 5.91 Å². The van der Waals surface area contributed by atoms with Crippen molar-refractivity contribution in [2.45, 2.75) is 12.8 Å². The molecular formula is C30H27N3O3S. The van der Waals surface area contributed by atoms with E-state index in [1.807, 2.05) is 67.6 Å². The van der Waals surface area contributed by atoms with Crippen molar-refractivity contribution in [3.8, 4) is 5.75 Å². The van der Waals surface area contributed by atoms with Crippen LogP contribution in [0.4, 0.5) is 11.4 Å². The van der Waals surface area contributed by atoms with E-state index in [4.69, 9.17) is 17.0 Å². The van der Waals surface area contributed by atoms with E-state index < -0.39 is 5.92 Å². The van der Waals surface area contributed by atoms with E-state index in [1.54, 1.807) is 48.5 Å². The zero-order valence-corrected chi connectivity index (χ0v) is 21.1. The van der Waals surface area contributed by atoms with Crippen LogP contribution in [0.25, 0.3) is 0 Å². The van der Waals surface area contributed by atoms with Gasteiger partial charge in [0.05, 0.1) is 23.8 Å². The third kappa shape index (κ3) is 6.80. The number of thiocarbonyl (C=S) groups is 1. The first-order valence-electron chi connectivity index (χ1n) is 11.9. The first-order valence-corrected chi connectivity index (χ1v) is 12.3. The maximum absolute atomic E-state index is 13.4. The number of hydrogen-bond acceptors (Lipinski definition) is 4. The summed E-state index contributed by atoms with van der Waals surface area (Å²) < 4.78 is 5.45. The molecule has 0 fully saturated rings. The molecule has 0 aliphatic carbocycles. The number of carbonyl (C=O) groups excluding carboxylic acids is 2. The minimum atomic E-state index is -0.541. The van der Waals surface area contributed by atoms with Gasteiger partial charge in [-0.05, 0) is 66.7 Å². The molecule has 0 aliphatic heterocycles. The van der Waals surface area contributed by atoms with Gasteiger partial charge >= 0.3 is 0 Å². The van der Waals surface area contributed by atoms with Crippen molar-refractivity contribution in [1.29, 1.82) is 0 Å². The van der Waals surface area contributed by atoms with Crippen molar-refractivity contribution in [3.63, 3.8) is 0 Å². The first-order chi connectivity index (χ1) is 18.0. The van der Waals surface area contributed by atoms with Crippen LogP contribution >= 0.6 is 12.2 Å². The van der Waals surface area contributed by atoms with Crippen LogP contribution in [0, 0.1) is 0 Å². The summed E-state index contributed by atoms with van der Waals surface area (Å²) in [4.78, 5) is 26.4. The van der Waals surface area contributed by atoms with Gasteiger partial charge in [0.15, 0.2) is 5.11 Å². The van der Waals surface area contributed by atoms with Crippen molar-refractivity contribution in [3.05, 3.63) is 126 Å². The predicted molar refractivity (Wildman–Crippen MR) is 151 cm³/mol. The summed E-state index contributed by atoms with van der Waals surface area (Å²) in [5, 5.41) is 8.78. The maximum atomic E-state index is 13.4. The van der Waals surface area contributed by atoms with Crippen molar-refractivity contribution in [2.75, 3.05) is 17.2 Å². The van der Waals surface area contributed by atoms with Crippen LogP contribution in [0.2, 0.25) is 0 Å². The molecule has 2 amide bonds. The Labute approximate surface area is 221 Å². The molecule has 0 unspecified atom stereocenters. The summed E-state index contributed by atoms with van der Waals surface area (Å²) in [6, 6.07) is 33.2. The van der Waals surface area contributed by atoms with Gasteiger partial charge < -0.3 is 20.7 Å². The predicted octanol–water partition coefficient (Wildman–Crippen LogP) is 5.98. The number of carbonyl (C=O) groups is 2. The minimum Gasteiger partial charge on any atom is -0.494 e. The number of nitrogens with one attached hydrogen (secondary N) is 3. The maximum Gasteiger partial charge on any atom is 0.257 e. The summed E-state index contributed by atoms with van der Waals surface area (Å²) in [6.45, 7) is 2.48. The molecule has 0 bridgehead atoms. The van der Waals surface area contributed by atoms with Crippen LogP contribution in [0.1, 0.15) is 34.3 Å². The molecule has 4 aromatic rings. The molecular weight excluding hydrogens is 482 g/mol. The van der Waals surface area contributed by atoms with Crippen LogP contribution in [0.15, 0.2) is 109 Å². The van der Waals surface area contributed by atoms with Gasteiger partial charge in [-0.1, -0.05) is 72.8 Å². The molecule has 186 valence electrons. The lowest BCUT2D eigenvalue weighted by molar-refractivity contribution is -0.120. The third-order valence-electron chi connectivity index (χ3n) is 5.61. The number of hydrogen-bond donors (Lipinski definition) is 3. The largest absolute Gasteiger partial charge is 0.494 e. The highest BCUT2D eigenvalue weighted by Gasteiger charge is 2.23. The molecule has 0 heterocycles. The number of para-hydroxylation sites is 1. The molecule has 4 rings (SSSR count). The highest BCUT2D eigenvalue weighted by Crippen LogP contribution is 2.25. The fourth-order valence-corrected chi connectivity index (χ4v) is 4.12. The van der Waals surface area contributed by atoms with Crippen molar-refractivity contribution < 1.29 is 14.3 Å². The SMILES string of the molecule is CCOc1ccc(NC(=O)c2ccccc2NC(=S)NC(=O)C(c2ccccc2)c2ccccc2)cc1. The van der Waals surface area contributed by atoms with E-state index >= 15 is 0 Å². The first kappa shape index (κ1) is 25.6. The molecule has 0 radical (unpaired) electrons. The van der Waals surface area contributed by atoms with E-state index in [2.05, 4.69) is 16.0 Å². The molecule has 0 aliphatic rings. The number of ether oxygens (including phenoxy) is 1. The Kier molecular flexibility index (Phi) is 8.62. The molecule has 4 aromatic carbocycles. The monoisotopic (exact) mass is 509 g/mol. The molecule has 0 atom stereocenters. The van der Waals surface area contributed by atoms with E-state index in [-0.39, 0.29) is 16.9 Å². The van der Waals surface area contributed by atoms with Crippen molar-refractivity contribution in [2.24, 2.45) is 0 Å². The summed E-state index contributed by atoms with van der Waals surface area (Å²) in [7, 11) is 0. The molecule has 7 heteroatoms. The highest BCUT2D eigenvalue weighted by atomic mass is 32.1. The highest BCUT2D eigenvalue weighted by molar-refractivity contribution is 7.80. The molecule has 6 nitrogen and oxygen atoms in total. The molecule has 0 saturated carbocycles. The summed E-state index contributed by atoms with van der Waals surface area (Å²) in [5.74, 6) is -0.396. The normalized spacial score (nSPS) is 10.4. The average molecular weight is 510 g/mol. The Balaban J connectivity index is 1.47. The minimum absolute atomic E-state index is 0.100. The fraction of sp³-hybridized carbons (Fsp3) is 0.100. The van der Waals surface area contributed by atoms with Gasteiger partial charge in [0, 0.05) is 5.69 Å². The number of benzene rings is 4. The van der Waals surface area contributed by atoms with Crippen LogP contribution in [-0.2, 0) is 4.79 Å². The van der Waals surface area contributed by atoms with Crippen LogP contribution in [0.5, 0.6) is 5.75 Å². The number of amides is 2. The zero-order chi connectivity index (χ0) is 26.0. The molecule has 37 heavy (non-hydrogen) atoms. The second-order valence-corrected chi connectivity index (χ2v) is 8.56. The van der Waals surface area contributed by atoms with Crippen LogP contribution in [0.3, 0.4) is 0 Å². The Hall–Kier alpha value is -4.49. The lowest BCUT2D eigenvalue weighted by Gasteiger charge is -2.19. The van der Waals surface area contributed by atoms with E-state index in [0.29, 0.717) is 23.5 Å². The summed E-state index contributed by atoms with van der Waals surface area (Å²) >= 11 is 5.46. The quantitative estimate of drug-likeness (QED) is 0.255. The second kappa shape index (κ2) is 12.5. The average Bonchev–Trinajstić information content (AvgIpc) is 2.91. The number of anilines is 2. The van der Waals surface area contributed by atoms with E-state index in [9.17, 15) is 9.59 Å². The third-order valence-corrected chi connectivity index (χ3v) is 5.81. The topological polar surface area (TPSA) is 79.5 Å². The number of rotatable bonds is 8. The van der Waals surface area contributed by atoms with Gasteiger partial charge in [-0.2, -0.15) is 0 Å².